The van der Waals surface area contributed by atoms with Gasteiger partial charge < -0.3 is 10.6 Å². The van der Waals surface area contributed by atoms with Gasteiger partial charge >= 0.3 is 0 Å². The first-order chi connectivity index (χ1) is 8.60. The molecule has 0 radical (unpaired) electrons. The van der Waals surface area contributed by atoms with E-state index in [2.05, 4.69) is 38.3 Å². The van der Waals surface area contributed by atoms with Crippen LogP contribution in [-0.2, 0) is 4.79 Å². The van der Waals surface area contributed by atoms with Gasteiger partial charge in [0.25, 0.3) is 0 Å². The molecule has 1 atom stereocenters. The van der Waals surface area contributed by atoms with E-state index in [-0.39, 0.29) is 5.91 Å². The van der Waals surface area contributed by atoms with Crippen molar-refractivity contribution in [1.82, 2.24) is 10.6 Å². The van der Waals surface area contributed by atoms with Crippen LogP contribution in [0.25, 0.3) is 0 Å². The third kappa shape index (κ3) is 10.6. The van der Waals surface area contributed by atoms with E-state index in [1.807, 2.05) is 0 Å². The molecular formula is C15H32N2O. The zero-order valence-electron chi connectivity index (χ0n) is 12.7. The maximum Gasteiger partial charge on any atom is 0.220 e. The number of carbonyl (C=O) groups excluding carboxylic acids is 1. The number of nitrogens with one attached hydrogen (secondary N) is 2. The Hall–Kier alpha value is -0.570. The Morgan fingerprint density at radius 1 is 1.17 bits per heavy atom. The minimum atomic E-state index is 0.204. The van der Waals surface area contributed by atoms with Crippen molar-refractivity contribution in [2.24, 2.45) is 5.92 Å². The third-order valence-corrected chi connectivity index (χ3v) is 3.26. The lowest BCUT2D eigenvalue weighted by molar-refractivity contribution is -0.121. The number of amides is 1. The normalized spacial score (nSPS) is 12.7. The monoisotopic (exact) mass is 256 g/mol. The van der Waals surface area contributed by atoms with Crippen LogP contribution < -0.4 is 10.6 Å². The summed E-state index contributed by atoms with van der Waals surface area (Å²) in [5.74, 6) is 0.859. The fourth-order valence-electron chi connectivity index (χ4n) is 1.93. The summed E-state index contributed by atoms with van der Waals surface area (Å²) >= 11 is 0. The topological polar surface area (TPSA) is 41.1 Å². The van der Waals surface area contributed by atoms with Crippen molar-refractivity contribution in [3.05, 3.63) is 0 Å². The summed E-state index contributed by atoms with van der Waals surface area (Å²) in [5, 5.41) is 6.39. The lowest BCUT2D eigenvalue weighted by Gasteiger charge is -2.15. The van der Waals surface area contributed by atoms with E-state index >= 15 is 0 Å². The molecule has 108 valence electrons. The summed E-state index contributed by atoms with van der Waals surface area (Å²) < 4.78 is 0. The number of hydrogen-bond acceptors (Lipinski definition) is 2. The van der Waals surface area contributed by atoms with Crippen LogP contribution in [-0.4, -0.2) is 25.0 Å². The van der Waals surface area contributed by atoms with Crippen molar-refractivity contribution in [2.75, 3.05) is 13.1 Å². The standard InChI is InChI=1S/C15H32N2O/c1-5-7-9-14(6-2)12-17-15(18)10-8-11-16-13(3)4/h13-14,16H,5-12H2,1-4H3,(H,17,18). The summed E-state index contributed by atoms with van der Waals surface area (Å²) in [6.45, 7) is 10.5. The van der Waals surface area contributed by atoms with Gasteiger partial charge in [0, 0.05) is 19.0 Å². The van der Waals surface area contributed by atoms with E-state index in [9.17, 15) is 4.79 Å². The van der Waals surface area contributed by atoms with Gasteiger partial charge in [-0.15, -0.1) is 0 Å². The highest BCUT2D eigenvalue weighted by Gasteiger charge is 2.08. The minimum absolute atomic E-state index is 0.204. The van der Waals surface area contributed by atoms with Crippen molar-refractivity contribution >= 4 is 5.91 Å². The van der Waals surface area contributed by atoms with Gasteiger partial charge in [-0.1, -0.05) is 47.0 Å². The number of hydrogen-bond donors (Lipinski definition) is 2. The summed E-state index contributed by atoms with van der Waals surface area (Å²) in [6, 6.07) is 0.506. The first kappa shape index (κ1) is 17.4. The van der Waals surface area contributed by atoms with E-state index in [1.165, 1.54) is 19.3 Å². The average Bonchev–Trinajstić information content (AvgIpc) is 2.34. The molecule has 0 aliphatic carbocycles. The van der Waals surface area contributed by atoms with E-state index < -0.39 is 0 Å². The molecule has 1 unspecified atom stereocenters. The summed E-state index contributed by atoms with van der Waals surface area (Å²) in [6.07, 6.45) is 6.48. The van der Waals surface area contributed by atoms with Crippen molar-refractivity contribution in [2.45, 2.75) is 72.3 Å². The molecule has 0 saturated heterocycles. The predicted octanol–water partition coefficient (Wildman–Crippen LogP) is 3.10. The van der Waals surface area contributed by atoms with Crippen LogP contribution in [0.4, 0.5) is 0 Å². The Bertz CT molecular complexity index is 205. The molecule has 0 heterocycles. The van der Waals surface area contributed by atoms with Gasteiger partial charge in [0.05, 0.1) is 0 Å². The Morgan fingerprint density at radius 3 is 2.44 bits per heavy atom. The maximum atomic E-state index is 11.6. The molecule has 0 aromatic carbocycles. The quantitative estimate of drug-likeness (QED) is 0.558. The molecule has 0 aliphatic heterocycles. The van der Waals surface area contributed by atoms with Gasteiger partial charge in [-0.3, -0.25) is 4.79 Å². The zero-order valence-corrected chi connectivity index (χ0v) is 12.7. The van der Waals surface area contributed by atoms with Crippen LogP contribution >= 0.6 is 0 Å². The Labute approximate surface area is 113 Å². The zero-order chi connectivity index (χ0) is 13.8. The van der Waals surface area contributed by atoms with Crippen molar-refractivity contribution in [1.29, 1.82) is 0 Å². The molecular weight excluding hydrogens is 224 g/mol. The second-order valence-electron chi connectivity index (χ2n) is 5.43. The molecule has 0 aromatic heterocycles. The summed E-state index contributed by atoms with van der Waals surface area (Å²) in [4.78, 5) is 11.6. The number of rotatable bonds is 11. The summed E-state index contributed by atoms with van der Waals surface area (Å²) in [7, 11) is 0. The lowest BCUT2D eigenvalue weighted by Crippen LogP contribution is -2.30. The van der Waals surface area contributed by atoms with Gasteiger partial charge in [-0.05, 0) is 25.3 Å². The largest absolute Gasteiger partial charge is 0.356 e. The van der Waals surface area contributed by atoms with Crippen LogP contribution in [0.5, 0.6) is 0 Å². The number of unbranched alkanes of at least 4 members (excludes halogenated alkanes) is 1. The van der Waals surface area contributed by atoms with E-state index in [4.69, 9.17) is 0 Å². The van der Waals surface area contributed by atoms with Crippen molar-refractivity contribution in [3.8, 4) is 0 Å². The fraction of sp³-hybridized carbons (Fsp3) is 0.933. The number of carbonyl (C=O) groups is 1. The van der Waals surface area contributed by atoms with Gasteiger partial charge in [-0.2, -0.15) is 0 Å². The molecule has 2 N–H and O–H groups in total. The molecule has 0 aromatic rings. The highest BCUT2D eigenvalue weighted by Crippen LogP contribution is 2.11. The van der Waals surface area contributed by atoms with Crippen molar-refractivity contribution < 1.29 is 4.79 Å². The third-order valence-electron chi connectivity index (χ3n) is 3.26. The molecule has 3 nitrogen and oxygen atoms in total. The Morgan fingerprint density at radius 2 is 1.89 bits per heavy atom. The van der Waals surface area contributed by atoms with Crippen molar-refractivity contribution in [3.63, 3.8) is 0 Å². The van der Waals surface area contributed by atoms with E-state index in [0.29, 0.717) is 18.4 Å². The second-order valence-corrected chi connectivity index (χ2v) is 5.43. The predicted molar refractivity (Wildman–Crippen MR) is 78.7 cm³/mol. The highest BCUT2D eigenvalue weighted by molar-refractivity contribution is 5.75. The fourth-order valence-corrected chi connectivity index (χ4v) is 1.93. The van der Waals surface area contributed by atoms with Crippen LogP contribution in [0.3, 0.4) is 0 Å². The lowest BCUT2D eigenvalue weighted by atomic mass is 9.99. The Balaban J connectivity index is 3.55. The van der Waals surface area contributed by atoms with E-state index in [1.54, 1.807) is 0 Å². The SMILES string of the molecule is CCCCC(CC)CNC(=O)CCCNC(C)C. The molecule has 0 spiro atoms. The van der Waals surface area contributed by atoms with Gasteiger partial charge in [0.1, 0.15) is 0 Å². The van der Waals surface area contributed by atoms with Gasteiger partial charge in [0.2, 0.25) is 5.91 Å². The van der Waals surface area contributed by atoms with Gasteiger partial charge in [-0.25, -0.2) is 0 Å². The first-order valence-electron chi connectivity index (χ1n) is 7.60. The summed E-state index contributed by atoms with van der Waals surface area (Å²) in [5.41, 5.74) is 0. The smallest absolute Gasteiger partial charge is 0.220 e. The molecule has 0 rings (SSSR count). The molecule has 3 heteroatoms. The Kier molecular flexibility index (Phi) is 11.2. The molecule has 0 aliphatic rings. The molecule has 0 fully saturated rings. The highest BCUT2D eigenvalue weighted by atomic mass is 16.1. The minimum Gasteiger partial charge on any atom is -0.356 e. The molecule has 18 heavy (non-hydrogen) atoms. The van der Waals surface area contributed by atoms with Crippen LogP contribution in [0, 0.1) is 5.92 Å². The maximum absolute atomic E-state index is 11.6. The van der Waals surface area contributed by atoms with Crippen LogP contribution in [0.2, 0.25) is 0 Å². The van der Waals surface area contributed by atoms with Crippen LogP contribution in [0.1, 0.15) is 66.2 Å². The molecule has 0 saturated carbocycles. The van der Waals surface area contributed by atoms with Gasteiger partial charge in [0.15, 0.2) is 0 Å². The first-order valence-corrected chi connectivity index (χ1v) is 7.60. The van der Waals surface area contributed by atoms with Crippen LogP contribution in [0.15, 0.2) is 0 Å². The average molecular weight is 256 g/mol. The molecule has 1 amide bonds. The second kappa shape index (κ2) is 11.5. The van der Waals surface area contributed by atoms with E-state index in [0.717, 1.165) is 25.9 Å². The molecule has 0 bridgehead atoms.